The standard InChI is InChI=1S/C27H24ClF2N5O/c28-17-10-21-25(23(11-17)33-20-3-6-32-27(13-20)4-5-27)34-24(35-26(21)36)7-15-1-2-22(31-14-15)16-8-18(29)12-19(30)9-16/h1-2,8-12,14,20,32-33H,3-7,13H2,(H,34,35,36). The first-order valence-corrected chi connectivity index (χ1v) is 12.4. The number of fused-ring (bicyclic) bond motifs is 1. The molecule has 2 fully saturated rings. The van der Waals surface area contributed by atoms with E-state index in [9.17, 15) is 13.6 Å². The second kappa shape index (κ2) is 8.94. The zero-order valence-electron chi connectivity index (χ0n) is 19.4. The van der Waals surface area contributed by atoms with Crippen molar-refractivity contribution in [3.8, 4) is 11.3 Å². The summed E-state index contributed by atoms with van der Waals surface area (Å²) in [5.74, 6) is -0.821. The molecule has 6 rings (SSSR count). The van der Waals surface area contributed by atoms with Crippen molar-refractivity contribution in [1.82, 2.24) is 20.3 Å². The molecular formula is C27H24ClF2N5O. The molecule has 1 aliphatic heterocycles. The molecule has 1 atom stereocenters. The first-order valence-electron chi connectivity index (χ1n) is 12.0. The highest BCUT2D eigenvalue weighted by Crippen LogP contribution is 2.43. The number of halogens is 3. The minimum absolute atomic E-state index is 0.260. The molecule has 184 valence electrons. The van der Waals surface area contributed by atoms with Crippen LogP contribution < -0.4 is 16.2 Å². The van der Waals surface area contributed by atoms with E-state index in [1.807, 2.05) is 6.07 Å². The maximum atomic E-state index is 13.6. The zero-order chi connectivity index (χ0) is 24.9. The van der Waals surface area contributed by atoms with Gasteiger partial charge in [-0.1, -0.05) is 17.7 Å². The Labute approximate surface area is 211 Å². The minimum atomic E-state index is -0.657. The van der Waals surface area contributed by atoms with Crippen molar-refractivity contribution in [2.24, 2.45) is 0 Å². The summed E-state index contributed by atoms with van der Waals surface area (Å²) < 4.78 is 27.1. The lowest BCUT2D eigenvalue weighted by atomic mass is 9.97. The Morgan fingerprint density at radius 3 is 2.64 bits per heavy atom. The van der Waals surface area contributed by atoms with Crippen LogP contribution in [0.25, 0.3) is 22.2 Å². The first kappa shape index (κ1) is 23.1. The largest absolute Gasteiger partial charge is 0.380 e. The topological polar surface area (TPSA) is 82.7 Å². The van der Waals surface area contributed by atoms with Crippen molar-refractivity contribution in [2.45, 2.75) is 43.7 Å². The van der Waals surface area contributed by atoms with Gasteiger partial charge in [0.15, 0.2) is 0 Å². The molecule has 0 bridgehead atoms. The van der Waals surface area contributed by atoms with Gasteiger partial charge in [-0.15, -0.1) is 0 Å². The lowest BCUT2D eigenvalue weighted by Gasteiger charge is -2.32. The van der Waals surface area contributed by atoms with Crippen LogP contribution in [0.4, 0.5) is 14.5 Å². The monoisotopic (exact) mass is 507 g/mol. The van der Waals surface area contributed by atoms with Gasteiger partial charge in [0.1, 0.15) is 23.0 Å². The van der Waals surface area contributed by atoms with E-state index in [-0.39, 0.29) is 17.1 Å². The Kier molecular flexibility index (Phi) is 5.73. The van der Waals surface area contributed by atoms with Gasteiger partial charge in [-0.2, -0.15) is 0 Å². The molecule has 1 saturated carbocycles. The van der Waals surface area contributed by atoms with Gasteiger partial charge in [-0.25, -0.2) is 13.8 Å². The molecule has 1 aliphatic carbocycles. The Morgan fingerprint density at radius 1 is 1.11 bits per heavy atom. The van der Waals surface area contributed by atoms with Gasteiger partial charge in [0.05, 0.1) is 16.8 Å². The van der Waals surface area contributed by atoms with Crippen molar-refractivity contribution in [3.05, 3.63) is 87.1 Å². The van der Waals surface area contributed by atoms with E-state index in [0.717, 1.165) is 36.7 Å². The van der Waals surface area contributed by atoms with Crippen molar-refractivity contribution >= 4 is 28.2 Å². The van der Waals surface area contributed by atoms with Gasteiger partial charge in [0.25, 0.3) is 5.56 Å². The number of piperidine rings is 1. The van der Waals surface area contributed by atoms with Crippen LogP contribution in [0.2, 0.25) is 5.02 Å². The van der Waals surface area contributed by atoms with Crippen LogP contribution in [0.3, 0.4) is 0 Å². The Balaban J connectivity index is 1.28. The summed E-state index contributed by atoms with van der Waals surface area (Å²) in [6.07, 6.45) is 6.38. The molecule has 4 aromatic rings. The Morgan fingerprint density at radius 2 is 1.92 bits per heavy atom. The van der Waals surface area contributed by atoms with Crippen molar-refractivity contribution in [2.75, 3.05) is 11.9 Å². The molecule has 2 aromatic carbocycles. The van der Waals surface area contributed by atoms with Crippen molar-refractivity contribution < 1.29 is 8.78 Å². The summed E-state index contributed by atoms with van der Waals surface area (Å²) in [6, 6.07) is 10.5. The van der Waals surface area contributed by atoms with Crippen LogP contribution in [-0.2, 0) is 6.42 Å². The predicted molar refractivity (Wildman–Crippen MR) is 136 cm³/mol. The SMILES string of the molecule is O=c1[nH]c(Cc2ccc(-c3cc(F)cc(F)c3)nc2)nc2c(NC3CCNC4(CC4)C3)cc(Cl)cc12. The summed E-state index contributed by atoms with van der Waals surface area (Å²) in [4.78, 5) is 24.9. The zero-order valence-corrected chi connectivity index (χ0v) is 20.1. The van der Waals surface area contributed by atoms with E-state index in [0.29, 0.717) is 39.4 Å². The smallest absolute Gasteiger partial charge is 0.258 e. The molecule has 1 spiro atoms. The van der Waals surface area contributed by atoms with E-state index in [4.69, 9.17) is 16.6 Å². The van der Waals surface area contributed by atoms with Gasteiger partial charge >= 0.3 is 0 Å². The summed E-state index contributed by atoms with van der Waals surface area (Å²) >= 11 is 6.35. The third kappa shape index (κ3) is 4.70. The molecule has 6 nitrogen and oxygen atoms in total. The number of pyridine rings is 1. The number of nitrogens with one attached hydrogen (secondary N) is 3. The van der Waals surface area contributed by atoms with Crippen LogP contribution in [0, 0.1) is 11.6 Å². The number of hydrogen-bond acceptors (Lipinski definition) is 5. The highest BCUT2D eigenvalue weighted by molar-refractivity contribution is 6.31. The molecule has 9 heteroatoms. The molecule has 3 N–H and O–H groups in total. The van der Waals surface area contributed by atoms with E-state index in [1.165, 1.54) is 25.0 Å². The highest BCUT2D eigenvalue weighted by atomic mass is 35.5. The minimum Gasteiger partial charge on any atom is -0.380 e. The molecule has 0 radical (unpaired) electrons. The average Bonchev–Trinajstić information content (AvgIpc) is 3.57. The van der Waals surface area contributed by atoms with Crippen molar-refractivity contribution in [3.63, 3.8) is 0 Å². The fourth-order valence-electron chi connectivity index (χ4n) is 5.08. The summed E-state index contributed by atoms with van der Waals surface area (Å²) in [7, 11) is 0. The van der Waals surface area contributed by atoms with Crippen LogP contribution in [0.5, 0.6) is 0 Å². The third-order valence-corrected chi connectivity index (χ3v) is 7.24. The summed E-state index contributed by atoms with van der Waals surface area (Å²) in [5.41, 5.74) is 2.95. The number of benzene rings is 2. The maximum absolute atomic E-state index is 13.6. The number of aromatic nitrogens is 3. The fourth-order valence-corrected chi connectivity index (χ4v) is 5.29. The van der Waals surface area contributed by atoms with Gasteiger partial charge in [0, 0.05) is 40.9 Å². The van der Waals surface area contributed by atoms with Gasteiger partial charge in [0.2, 0.25) is 0 Å². The number of rotatable bonds is 5. The van der Waals surface area contributed by atoms with Gasteiger partial charge in [-0.05, 0) is 68.1 Å². The quantitative estimate of drug-likeness (QED) is 0.346. The average molecular weight is 508 g/mol. The predicted octanol–water partition coefficient (Wildman–Crippen LogP) is 5.20. The number of anilines is 1. The molecular weight excluding hydrogens is 484 g/mol. The van der Waals surface area contributed by atoms with Crippen molar-refractivity contribution in [1.29, 1.82) is 0 Å². The molecule has 2 aromatic heterocycles. The Bertz CT molecular complexity index is 1500. The van der Waals surface area contributed by atoms with E-state index in [2.05, 4.69) is 20.6 Å². The highest BCUT2D eigenvalue weighted by Gasteiger charge is 2.45. The Hall–Kier alpha value is -3.36. The van der Waals surface area contributed by atoms with E-state index < -0.39 is 11.6 Å². The molecule has 2 aliphatic rings. The lowest BCUT2D eigenvalue weighted by Crippen LogP contribution is -2.44. The van der Waals surface area contributed by atoms with Gasteiger partial charge in [-0.3, -0.25) is 9.78 Å². The molecule has 3 heterocycles. The molecule has 36 heavy (non-hydrogen) atoms. The molecule has 1 saturated heterocycles. The molecule has 0 amide bonds. The molecule has 1 unspecified atom stereocenters. The van der Waals surface area contributed by atoms with E-state index in [1.54, 1.807) is 24.4 Å². The second-order valence-electron chi connectivity index (χ2n) is 9.79. The summed E-state index contributed by atoms with van der Waals surface area (Å²) in [5, 5.41) is 8.14. The second-order valence-corrected chi connectivity index (χ2v) is 10.2. The van der Waals surface area contributed by atoms with Gasteiger partial charge < -0.3 is 15.6 Å². The lowest BCUT2D eigenvalue weighted by molar-refractivity contribution is 0.360. The van der Waals surface area contributed by atoms with Crippen LogP contribution in [0.1, 0.15) is 37.1 Å². The number of nitrogens with zero attached hydrogens (tertiary/aromatic N) is 2. The van der Waals surface area contributed by atoms with Crippen LogP contribution in [-0.4, -0.2) is 33.1 Å². The summed E-state index contributed by atoms with van der Waals surface area (Å²) in [6.45, 7) is 0.959. The first-order chi connectivity index (χ1) is 17.4. The maximum Gasteiger partial charge on any atom is 0.258 e. The van der Waals surface area contributed by atoms with E-state index >= 15 is 0 Å². The number of aromatic amines is 1. The fraction of sp³-hybridized carbons (Fsp3) is 0.296. The normalized spacial score (nSPS) is 18.5. The van der Waals surface area contributed by atoms with Crippen LogP contribution >= 0.6 is 11.6 Å². The number of hydrogen-bond donors (Lipinski definition) is 3. The van der Waals surface area contributed by atoms with Crippen LogP contribution in [0.15, 0.2) is 53.5 Å². The number of H-pyrrole nitrogens is 1. The third-order valence-electron chi connectivity index (χ3n) is 7.02.